The maximum absolute atomic E-state index is 13.2. The Morgan fingerprint density at radius 3 is 2.50 bits per heavy atom. The lowest BCUT2D eigenvalue weighted by Gasteiger charge is -2.34. The summed E-state index contributed by atoms with van der Waals surface area (Å²) in [5.74, 6) is -0.736. The maximum atomic E-state index is 13.2. The van der Waals surface area contributed by atoms with Crippen molar-refractivity contribution >= 4 is 33.2 Å². The molecule has 8 nitrogen and oxygen atoms in total. The number of carbonyl (C=O) groups is 2. The minimum Gasteiger partial charge on any atom is -0.373 e. The number of carbonyl (C=O) groups excluding carboxylic acids is 2. The van der Waals surface area contributed by atoms with Gasteiger partial charge in [0.1, 0.15) is 6.54 Å². The van der Waals surface area contributed by atoms with Gasteiger partial charge < -0.3 is 10.1 Å². The molecule has 4 rings (SSSR count). The number of fused-ring (bicyclic) bond motifs is 1. The van der Waals surface area contributed by atoms with Gasteiger partial charge in [-0.25, -0.2) is 8.42 Å². The number of hydrogen-bond acceptors (Lipinski definition) is 5. The topological polar surface area (TPSA) is 96.0 Å². The Balaban J connectivity index is 1.66. The van der Waals surface area contributed by atoms with E-state index in [9.17, 15) is 18.0 Å². The molecule has 2 heterocycles. The summed E-state index contributed by atoms with van der Waals surface area (Å²) in [5.41, 5.74) is 1.32. The number of nitrogens with one attached hydrogen (secondary N) is 1. The number of para-hydroxylation sites is 2. The highest BCUT2D eigenvalue weighted by atomic mass is 32.2. The van der Waals surface area contributed by atoms with Crippen LogP contribution in [0.1, 0.15) is 24.2 Å². The summed E-state index contributed by atoms with van der Waals surface area (Å²) >= 11 is 0. The number of hydrogen-bond donors (Lipinski definition) is 1. The number of amides is 2. The molecule has 158 valence electrons. The predicted octanol–water partition coefficient (Wildman–Crippen LogP) is 2.08. The molecule has 0 saturated carbocycles. The highest BCUT2D eigenvalue weighted by Crippen LogP contribution is 2.30. The number of anilines is 2. The fraction of sp³-hybridized carbons (Fsp3) is 0.333. The van der Waals surface area contributed by atoms with Crippen LogP contribution in [0.15, 0.2) is 53.4 Å². The molecule has 2 aliphatic rings. The van der Waals surface area contributed by atoms with Crippen LogP contribution >= 0.6 is 0 Å². The SMILES string of the molecule is C[C@H]1CN(S(=O)(=O)c2cccc(C(=O)N3CC(=O)Nc4ccccc43)c2)C[C@H](C)O1. The minimum absolute atomic E-state index is 0.0457. The molecule has 2 aromatic rings. The number of benzene rings is 2. The molecule has 2 aromatic carbocycles. The first-order chi connectivity index (χ1) is 14.3. The van der Waals surface area contributed by atoms with E-state index < -0.39 is 15.9 Å². The molecule has 0 radical (unpaired) electrons. The fourth-order valence-electron chi connectivity index (χ4n) is 3.84. The van der Waals surface area contributed by atoms with Crippen molar-refractivity contribution in [2.45, 2.75) is 31.0 Å². The van der Waals surface area contributed by atoms with E-state index in [1.807, 2.05) is 13.8 Å². The lowest BCUT2D eigenvalue weighted by atomic mass is 10.1. The van der Waals surface area contributed by atoms with Crippen molar-refractivity contribution < 1.29 is 22.7 Å². The zero-order chi connectivity index (χ0) is 21.5. The molecule has 2 atom stereocenters. The van der Waals surface area contributed by atoms with E-state index in [1.165, 1.54) is 21.3 Å². The highest BCUT2D eigenvalue weighted by molar-refractivity contribution is 7.89. The quantitative estimate of drug-likeness (QED) is 0.806. The van der Waals surface area contributed by atoms with Crippen LogP contribution in [0.2, 0.25) is 0 Å². The van der Waals surface area contributed by atoms with E-state index in [-0.39, 0.29) is 48.2 Å². The van der Waals surface area contributed by atoms with Gasteiger partial charge in [-0.15, -0.1) is 0 Å². The second kappa shape index (κ2) is 7.82. The summed E-state index contributed by atoms with van der Waals surface area (Å²) in [7, 11) is -3.78. The summed E-state index contributed by atoms with van der Waals surface area (Å²) in [6, 6.07) is 13.0. The van der Waals surface area contributed by atoms with Gasteiger partial charge in [-0.05, 0) is 44.2 Å². The van der Waals surface area contributed by atoms with Crippen LogP contribution in [0, 0.1) is 0 Å². The van der Waals surface area contributed by atoms with Crippen molar-refractivity contribution in [3.63, 3.8) is 0 Å². The lowest BCUT2D eigenvalue weighted by molar-refractivity contribution is -0.115. The number of morpholine rings is 1. The minimum atomic E-state index is -3.78. The molecule has 0 spiro atoms. The largest absolute Gasteiger partial charge is 0.373 e. The monoisotopic (exact) mass is 429 g/mol. The van der Waals surface area contributed by atoms with Gasteiger partial charge in [0, 0.05) is 18.7 Å². The van der Waals surface area contributed by atoms with Crippen LogP contribution in [-0.4, -0.2) is 56.4 Å². The molecular weight excluding hydrogens is 406 g/mol. The van der Waals surface area contributed by atoms with E-state index in [4.69, 9.17) is 4.74 Å². The Morgan fingerprint density at radius 2 is 1.77 bits per heavy atom. The van der Waals surface area contributed by atoms with E-state index >= 15 is 0 Å². The standard InChI is InChI=1S/C21H23N3O5S/c1-14-11-23(12-15(2)29-14)30(27,28)17-7-5-6-16(10-17)21(26)24-13-20(25)22-18-8-3-4-9-19(18)24/h3-10,14-15H,11-13H2,1-2H3,(H,22,25)/t14-,15-/m0/s1. The number of rotatable bonds is 3. The van der Waals surface area contributed by atoms with Crippen molar-refractivity contribution in [1.82, 2.24) is 4.31 Å². The van der Waals surface area contributed by atoms with Crippen LogP contribution in [0.5, 0.6) is 0 Å². The average Bonchev–Trinajstić information content (AvgIpc) is 2.72. The Hall–Kier alpha value is -2.75. The molecule has 0 aromatic heterocycles. The summed E-state index contributed by atoms with van der Waals surface area (Å²) in [6.07, 6.45) is -0.423. The van der Waals surface area contributed by atoms with E-state index in [2.05, 4.69) is 5.32 Å². The zero-order valence-corrected chi connectivity index (χ0v) is 17.6. The fourth-order valence-corrected chi connectivity index (χ4v) is 5.47. The first-order valence-electron chi connectivity index (χ1n) is 9.72. The van der Waals surface area contributed by atoms with Crippen molar-refractivity contribution in [2.75, 3.05) is 29.9 Å². The number of ether oxygens (including phenoxy) is 1. The third-order valence-corrected chi connectivity index (χ3v) is 6.95. The molecule has 0 unspecified atom stereocenters. The molecule has 2 aliphatic heterocycles. The second-order valence-electron chi connectivity index (χ2n) is 7.56. The van der Waals surface area contributed by atoms with Crippen LogP contribution in [0.4, 0.5) is 11.4 Å². The molecule has 0 bridgehead atoms. The summed E-state index contributed by atoms with van der Waals surface area (Å²) in [6.45, 7) is 4.04. The zero-order valence-electron chi connectivity index (χ0n) is 16.7. The van der Waals surface area contributed by atoms with Gasteiger partial charge in [0.2, 0.25) is 15.9 Å². The van der Waals surface area contributed by atoms with E-state index in [0.717, 1.165) is 0 Å². The molecule has 9 heteroatoms. The normalized spacial score (nSPS) is 22.3. The smallest absolute Gasteiger partial charge is 0.258 e. The maximum Gasteiger partial charge on any atom is 0.258 e. The van der Waals surface area contributed by atoms with E-state index in [1.54, 1.807) is 36.4 Å². The molecule has 2 amide bonds. The first kappa shape index (κ1) is 20.5. The lowest BCUT2D eigenvalue weighted by Crippen LogP contribution is -2.48. The van der Waals surface area contributed by atoms with Gasteiger partial charge in [0.25, 0.3) is 5.91 Å². The Bertz CT molecular complexity index is 1090. The predicted molar refractivity (Wildman–Crippen MR) is 112 cm³/mol. The first-order valence-corrected chi connectivity index (χ1v) is 11.2. The Morgan fingerprint density at radius 1 is 1.07 bits per heavy atom. The van der Waals surface area contributed by atoms with Gasteiger partial charge in [0.05, 0.1) is 28.5 Å². The Kier molecular flexibility index (Phi) is 5.35. The van der Waals surface area contributed by atoms with Crippen LogP contribution in [-0.2, 0) is 19.6 Å². The molecule has 1 fully saturated rings. The van der Waals surface area contributed by atoms with Crippen LogP contribution < -0.4 is 10.2 Å². The highest BCUT2D eigenvalue weighted by Gasteiger charge is 2.33. The van der Waals surface area contributed by atoms with Crippen LogP contribution in [0.3, 0.4) is 0 Å². The third-order valence-electron chi connectivity index (χ3n) is 5.12. The van der Waals surface area contributed by atoms with Crippen molar-refractivity contribution in [3.05, 3.63) is 54.1 Å². The molecule has 1 saturated heterocycles. The van der Waals surface area contributed by atoms with Gasteiger partial charge in [-0.3, -0.25) is 14.5 Å². The van der Waals surface area contributed by atoms with Crippen molar-refractivity contribution in [3.8, 4) is 0 Å². The number of nitrogens with zero attached hydrogens (tertiary/aromatic N) is 2. The van der Waals surface area contributed by atoms with Gasteiger partial charge >= 0.3 is 0 Å². The van der Waals surface area contributed by atoms with E-state index in [0.29, 0.717) is 11.4 Å². The van der Waals surface area contributed by atoms with Crippen molar-refractivity contribution in [2.24, 2.45) is 0 Å². The average molecular weight is 429 g/mol. The second-order valence-corrected chi connectivity index (χ2v) is 9.50. The summed E-state index contributed by atoms with van der Waals surface area (Å²) in [4.78, 5) is 26.6. The molecule has 0 aliphatic carbocycles. The molecule has 30 heavy (non-hydrogen) atoms. The summed E-state index contributed by atoms with van der Waals surface area (Å²) < 4.78 is 33.3. The third kappa shape index (κ3) is 3.83. The van der Waals surface area contributed by atoms with Crippen LogP contribution in [0.25, 0.3) is 0 Å². The van der Waals surface area contributed by atoms with Gasteiger partial charge in [-0.1, -0.05) is 18.2 Å². The summed E-state index contributed by atoms with van der Waals surface area (Å²) in [5, 5.41) is 2.74. The Labute approximate surface area is 175 Å². The van der Waals surface area contributed by atoms with Gasteiger partial charge in [0.15, 0.2) is 0 Å². The van der Waals surface area contributed by atoms with Gasteiger partial charge in [-0.2, -0.15) is 4.31 Å². The molecular formula is C21H23N3O5S. The number of sulfonamides is 1. The molecule has 1 N–H and O–H groups in total. The van der Waals surface area contributed by atoms with Crippen molar-refractivity contribution in [1.29, 1.82) is 0 Å².